The second-order valence-corrected chi connectivity index (χ2v) is 5.26. The summed E-state index contributed by atoms with van der Waals surface area (Å²) in [5.41, 5.74) is 1.42. The Kier molecular flexibility index (Phi) is 4.70. The molecular formula is C19H16FNO3. The van der Waals surface area contributed by atoms with E-state index in [2.05, 4.69) is 4.99 Å². The van der Waals surface area contributed by atoms with Crippen LogP contribution in [-0.2, 0) is 16.0 Å². The average Bonchev–Trinajstić information content (AvgIpc) is 2.95. The Bertz CT molecular complexity index is 827. The number of para-hydroxylation sites is 1. The van der Waals surface area contributed by atoms with Crippen molar-refractivity contribution in [1.29, 1.82) is 0 Å². The van der Waals surface area contributed by atoms with Gasteiger partial charge in [0.1, 0.15) is 11.6 Å². The van der Waals surface area contributed by atoms with E-state index in [0.29, 0.717) is 24.3 Å². The van der Waals surface area contributed by atoms with Crippen molar-refractivity contribution in [3.8, 4) is 5.75 Å². The molecule has 5 heteroatoms. The van der Waals surface area contributed by atoms with Crippen LogP contribution >= 0.6 is 0 Å². The Morgan fingerprint density at radius 2 is 1.88 bits per heavy atom. The van der Waals surface area contributed by atoms with Crippen LogP contribution in [0.1, 0.15) is 17.5 Å². The van der Waals surface area contributed by atoms with Crippen molar-refractivity contribution in [3.63, 3.8) is 0 Å². The first-order valence-corrected chi connectivity index (χ1v) is 7.55. The van der Waals surface area contributed by atoms with Crippen LogP contribution in [0.4, 0.5) is 4.39 Å². The van der Waals surface area contributed by atoms with Crippen molar-refractivity contribution in [2.45, 2.75) is 12.8 Å². The largest absolute Gasteiger partial charge is 0.496 e. The summed E-state index contributed by atoms with van der Waals surface area (Å²) in [6, 6.07) is 13.8. The minimum Gasteiger partial charge on any atom is -0.496 e. The number of esters is 1. The smallest absolute Gasteiger partial charge is 0.363 e. The molecule has 0 amide bonds. The molecule has 122 valence electrons. The van der Waals surface area contributed by atoms with Crippen LogP contribution in [-0.4, -0.2) is 19.0 Å². The number of carbonyl (C=O) groups excluding carboxylic acids is 1. The van der Waals surface area contributed by atoms with E-state index in [1.807, 2.05) is 24.3 Å². The number of aryl methyl sites for hydroxylation is 1. The maximum Gasteiger partial charge on any atom is 0.363 e. The fourth-order valence-corrected chi connectivity index (χ4v) is 2.45. The number of nitrogens with zero attached hydrogens (tertiary/aromatic N) is 1. The first kappa shape index (κ1) is 15.9. The molecule has 0 saturated carbocycles. The molecule has 1 aliphatic heterocycles. The minimum atomic E-state index is -0.562. The lowest BCUT2D eigenvalue weighted by Gasteiger charge is -2.07. The summed E-state index contributed by atoms with van der Waals surface area (Å²) in [7, 11) is 1.61. The van der Waals surface area contributed by atoms with Gasteiger partial charge in [-0.2, -0.15) is 0 Å². The zero-order valence-electron chi connectivity index (χ0n) is 13.2. The lowest BCUT2D eigenvalue weighted by atomic mass is 10.1. The van der Waals surface area contributed by atoms with Gasteiger partial charge in [0.25, 0.3) is 0 Å². The average molecular weight is 325 g/mol. The van der Waals surface area contributed by atoms with Gasteiger partial charge in [-0.3, -0.25) is 0 Å². The minimum absolute atomic E-state index is 0.107. The summed E-state index contributed by atoms with van der Waals surface area (Å²) in [5.74, 6) is 0.141. The zero-order chi connectivity index (χ0) is 16.9. The van der Waals surface area contributed by atoms with Gasteiger partial charge in [-0.15, -0.1) is 0 Å². The standard InChI is InChI=1S/C19H16FNO3/c1-23-17-9-5-3-6-13(17)10-11-18-21-16(19(22)24-18)12-14-7-2-4-8-15(14)20/h2-9,12H,10-11H2,1H3/b16-12-. The summed E-state index contributed by atoms with van der Waals surface area (Å²) in [6.45, 7) is 0. The van der Waals surface area contributed by atoms with Crippen LogP contribution in [0, 0.1) is 5.82 Å². The topological polar surface area (TPSA) is 47.9 Å². The molecule has 0 radical (unpaired) electrons. The molecule has 24 heavy (non-hydrogen) atoms. The first-order chi connectivity index (χ1) is 11.7. The fraction of sp³-hybridized carbons (Fsp3) is 0.158. The second-order valence-electron chi connectivity index (χ2n) is 5.26. The summed E-state index contributed by atoms with van der Waals surface area (Å²) in [5, 5.41) is 0. The third-order valence-electron chi connectivity index (χ3n) is 3.66. The van der Waals surface area contributed by atoms with Gasteiger partial charge in [-0.05, 0) is 30.2 Å². The van der Waals surface area contributed by atoms with E-state index in [-0.39, 0.29) is 5.70 Å². The monoisotopic (exact) mass is 325 g/mol. The lowest BCUT2D eigenvalue weighted by Crippen LogP contribution is -2.05. The first-order valence-electron chi connectivity index (χ1n) is 7.55. The Labute approximate surface area is 139 Å². The van der Waals surface area contributed by atoms with E-state index in [4.69, 9.17) is 9.47 Å². The molecule has 0 aromatic heterocycles. The Hall–Kier alpha value is -2.95. The van der Waals surface area contributed by atoms with E-state index in [9.17, 15) is 9.18 Å². The third-order valence-corrected chi connectivity index (χ3v) is 3.66. The van der Waals surface area contributed by atoms with E-state index in [1.165, 1.54) is 12.1 Å². The molecular weight excluding hydrogens is 309 g/mol. The van der Waals surface area contributed by atoms with Gasteiger partial charge in [0.2, 0.25) is 0 Å². The predicted octanol–water partition coefficient (Wildman–Crippen LogP) is 3.76. The van der Waals surface area contributed by atoms with E-state index in [1.54, 1.807) is 25.3 Å². The van der Waals surface area contributed by atoms with Gasteiger partial charge < -0.3 is 9.47 Å². The van der Waals surface area contributed by atoms with Gasteiger partial charge >= 0.3 is 5.97 Å². The number of hydrogen-bond acceptors (Lipinski definition) is 4. The molecule has 0 aliphatic carbocycles. The molecule has 1 heterocycles. The van der Waals surface area contributed by atoms with Crippen LogP contribution < -0.4 is 4.74 Å². The molecule has 1 aliphatic rings. The van der Waals surface area contributed by atoms with Gasteiger partial charge in [0.15, 0.2) is 11.6 Å². The molecule has 0 atom stereocenters. The maximum atomic E-state index is 13.7. The van der Waals surface area contributed by atoms with E-state index >= 15 is 0 Å². The van der Waals surface area contributed by atoms with Crippen LogP contribution in [0.3, 0.4) is 0 Å². The number of rotatable bonds is 5. The third kappa shape index (κ3) is 3.51. The molecule has 3 rings (SSSR count). The van der Waals surface area contributed by atoms with Gasteiger partial charge in [0.05, 0.1) is 7.11 Å². The summed E-state index contributed by atoms with van der Waals surface area (Å²) in [6.07, 6.45) is 2.48. The number of hydrogen-bond donors (Lipinski definition) is 0. The van der Waals surface area contributed by atoms with Crippen molar-refractivity contribution < 1.29 is 18.7 Å². The van der Waals surface area contributed by atoms with Crippen LogP contribution in [0.5, 0.6) is 5.75 Å². The molecule has 0 spiro atoms. The van der Waals surface area contributed by atoms with Gasteiger partial charge in [-0.25, -0.2) is 14.2 Å². The quantitative estimate of drug-likeness (QED) is 0.621. The Balaban J connectivity index is 1.74. The number of halogens is 1. The molecule has 0 N–H and O–H groups in total. The zero-order valence-corrected chi connectivity index (χ0v) is 13.2. The number of ether oxygens (including phenoxy) is 2. The predicted molar refractivity (Wildman–Crippen MR) is 89.2 cm³/mol. The van der Waals surface area contributed by atoms with Crippen molar-refractivity contribution in [2.24, 2.45) is 4.99 Å². The molecule has 0 unspecified atom stereocenters. The highest BCUT2D eigenvalue weighted by Gasteiger charge is 2.23. The normalized spacial score (nSPS) is 15.3. The van der Waals surface area contributed by atoms with E-state index in [0.717, 1.165) is 11.3 Å². The number of carbonyl (C=O) groups is 1. The molecule has 0 bridgehead atoms. The fourth-order valence-electron chi connectivity index (χ4n) is 2.45. The van der Waals surface area contributed by atoms with Crippen molar-refractivity contribution in [2.75, 3.05) is 7.11 Å². The van der Waals surface area contributed by atoms with Crippen molar-refractivity contribution in [3.05, 3.63) is 71.2 Å². The molecule has 0 saturated heterocycles. The van der Waals surface area contributed by atoms with Gasteiger partial charge in [-0.1, -0.05) is 36.4 Å². The number of aliphatic imine (C=N–C) groups is 1. The highest BCUT2D eigenvalue weighted by atomic mass is 19.1. The Morgan fingerprint density at radius 3 is 2.67 bits per heavy atom. The Morgan fingerprint density at radius 1 is 1.12 bits per heavy atom. The highest BCUT2D eigenvalue weighted by Crippen LogP contribution is 2.22. The van der Waals surface area contributed by atoms with Crippen LogP contribution in [0.15, 0.2) is 59.2 Å². The summed E-state index contributed by atoms with van der Waals surface area (Å²) in [4.78, 5) is 16.1. The van der Waals surface area contributed by atoms with Crippen LogP contribution in [0.2, 0.25) is 0 Å². The summed E-state index contributed by atoms with van der Waals surface area (Å²) < 4.78 is 24.1. The van der Waals surface area contributed by atoms with Gasteiger partial charge in [0, 0.05) is 12.0 Å². The van der Waals surface area contributed by atoms with Crippen molar-refractivity contribution >= 4 is 17.9 Å². The molecule has 4 nitrogen and oxygen atoms in total. The SMILES string of the molecule is COc1ccccc1CCC1=N/C(=C\c2ccccc2F)C(=O)O1. The molecule has 0 fully saturated rings. The van der Waals surface area contributed by atoms with Crippen molar-refractivity contribution in [1.82, 2.24) is 0 Å². The second kappa shape index (κ2) is 7.08. The highest BCUT2D eigenvalue weighted by molar-refractivity contribution is 6.07. The molecule has 2 aromatic carbocycles. The maximum absolute atomic E-state index is 13.7. The number of cyclic esters (lactones) is 1. The van der Waals surface area contributed by atoms with Crippen LogP contribution in [0.25, 0.3) is 6.08 Å². The number of benzene rings is 2. The molecule has 2 aromatic rings. The summed E-state index contributed by atoms with van der Waals surface area (Å²) >= 11 is 0. The van der Waals surface area contributed by atoms with E-state index < -0.39 is 11.8 Å². The lowest BCUT2D eigenvalue weighted by molar-refractivity contribution is -0.130. The number of methoxy groups -OCH3 is 1.